The minimum atomic E-state index is -1.13. The highest BCUT2D eigenvalue weighted by Crippen LogP contribution is 2.28. The number of rotatable bonds is 9. The molecule has 4 aromatic rings. The third-order valence-corrected chi connectivity index (χ3v) is 5.42. The first-order valence-corrected chi connectivity index (χ1v) is 11.4. The summed E-state index contributed by atoms with van der Waals surface area (Å²) in [6.07, 6.45) is -1.13. The van der Waals surface area contributed by atoms with Crippen molar-refractivity contribution < 1.29 is 23.5 Å². The molecule has 1 N–H and O–H groups in total. The summed E-state index contributed by atoms with van der Waals surface area (Å²) >= 11 is 1.11. The molecule has 0 aliphatic rings. The number of thioether (sulfide) groups is 1. The van der Waals surface area contributed by atoms with Crippen LogP contribution in [0.1, 0.15) is 18.6 Å². The molecule has 0 radical (unpaired) electrons. The Kier molecular flexibility index (Phi) is 7.26. The van der Waals surface area contributed by atoms with E-state index in [0.29, 0.717) is 39.9 Å². The van der Waals surface area contributed by atoms with E-state index in [2.05, 4.69) is 10.3 Å². The molecule has 1 aromatic heterocycles. The molecule has 1 atom stereocenters. The summed E-state index contributed by atoms with van der Waals surface area (Å²) in [5.74, 6) is -0.560. The van der Waals surface area contributed by atoms with E-state index in [0.717, 1.165) is 11.8 Å². The van der Waals surface area contributed by atoms with Crippen LogP contribution in [0.25, 0.3) is 11.1 Å². The summed E-state index contributed by atoms with van der Waals surface area (Å²) in [7, 11) is 0. The molecule has 1 unspecified atom stereocenters. The van der Waals surface area contributed by atoms with Gasteiger partial charge < -0.3 is 19.2 Å². The molecule has 3 aromatic carbocycles. The number of fused-ring (bicyclic) bond motifs is 1. The van der Waals surface area contributed by atoms with Gasteiger partial charge in [0.15, 0.2) is 5.58 Å². The van der Waals surface area contributed by atoms with Crippen LogP contribution in [0.15, 0.2) is 88.5 Å². The van der Waals surface area contributed by atoms with Crippen LogP contribution in [0.2, 0.25) is 0 Å². The van der Waals surface area contributed by atoms with Crippen molar-refractivity contribution in [2.24, 2.45) is 0 Å². The molecule has 0 spiro atoms. The number of carbonyl (C=O) groups is 2. The number of benzene rings is 3. The average molecular weight is 463 g/mol. The lowest BCUT2D eigenvalue weighted by molar-refractivity contribution is -0.152. The number of para-hydroxylation sites is 4. The highest BCUT2D eigenvalue weighted by molar-refractivity contribution is 7.99. The van der Waals surface area contributed by atoms with Gasteiger partial charge in [-0.1, -0.05) is 66.4 Å². The molecular formula is C25H22N2O5S. The molecule has 4 rings (SSSR count). The fraction of sp³-hybridized carbons (Fsp3) is 0.160. The maximum Gasteiger partial charge on any atom is 0.317 e. The topological polar surface area (TPSA) is 90.7 Å². The van der Waals surface area contributed by atoms with E-state index >= 15 is 0 Å². The van der Waals surface area contributed by atoms with E-state index in [1.54, 1.807) is 48.5 Å². The second-order valence-corrected chi connectivity index (χ2v) is 7.86. The molecule has 33 heavy (non-hydrogen) atoms. The molecule has 0 aliphatic carbocycles. The largest absolute Gasteiger partial charge is 0.492 e. The van der Waals surface area contributed by atoms with Crippen molar-refractivity contribution in [1.82, 2.24) is 4.98 Å². The SMILES string of the molecule is CCOc1ccccc1NC(=O)C(OC(=O)CSc1nc2ccccc2o1)c1ccccc1. The van der Waals surface area contributed by atoms with E-state index in [-0.39, 0.29) is 5.75 Å². The number of hydrogen-bond acceptors (Lipinski definition) is 7. The number of esters is 1. The van der Waals surface area contributed by atoms with Crippen molar-refractivity contribution in [2.75, 3.05) is 17.7 Å². The van der Waals surface area contributed by atoms with Gasteiger partial charge >= 0.3 is 5.97 Å². The number of carbonyl (C=O) groups excluding carboxylic acids is 2. The highest BCUT2D eigenvalue weighted by atomic mass is 32.2. The maximum atomic E-state index is 13.1. The monoisotopic (exact) mass is 462 g/mol. The van der Waals surface area contributed by atoms with Gasteiger partial charge in [-0.2, -0.15) is 0 Å². The molecule has 0 saturated heterocycles. The summed E-state index contributed by atoms with van der Waals surface area (Å²) in [6.45, 7) is 2.32. The minimum Gasteiger partial charge on any atom is -0.492 e. The zero-order valence-corrected chi connectivity index (χ0v) is 18.7. The number of nitrogens with zero attached hydrogens (tertiary/aromatic N) is 1. The Bertz CT molecular complexity index is 1210. The number of hydrogen-bond donors (Lipinski definition) is 1. The summed E-state index contributed by atoms with van der Waals surface area (Å²) in [4.78, 5) is 30.1. The van der Waals surface area contributed by atoms with E-state index in [1.165, 1.54) is 0 Å². The van der Waals surface area contributed by atoms with Crippen LogP contribution in [-0.2, 0) is 14.3 Å². The first kappa shape index (κ1) is 22.4. The quantitative estimate of drug-likeness (QED) is 0.269. The second kappa shape index (κ2) is 10.7. The van der Waals surface area contributed by atoms with E-state index in [1.807, 2.05) is 37.3 Å². The van der Waals surface area contributed by atoms with Gasteiger partial charge in [-0.15, -0.1) is 0 Å². The van der Waals surface area contributed by atoms with Crippen molar-refractivity contribution in [3.05, 3.63) is 84.4 Å². The predicted molar refractivity (Wildman–Crippen MR) is 126 cm³/mol. The summed E-state index contributed by atoms with van der Waals surface area (Å²) in [5.41, 5.74) is 2.41. The standard InChI is InChI=1S/C25H22N2O5S/c1-2-30-20-14-8-6-12-18(20)26-24(29)23(17-10-4-3-5-11-17)32-22(28)16-33-25-27-19-13-7-9-15-21(19)31-25/h3-15,23H,2,16H2,1H3,(H,26,29). The van der Waals surface area contributed by atoms with Gasteiger partial charge in [-0.05, 0) is 31.2 Å². The third-order valence-electron chi connectivity index (χ3n) is 4.62. The number of amides is 1. The molecule has 8 heteroatoms. The highest BCUT2D eigenvalue weighted by Gasteiger charge is 2.26. The normalized spacial score (nSPS) is 11.7. The van der Waals surface area contributed by atoms with Crippen LogP contribution < -0.4 is 10.1 Å². The van der Waals surface area contributed by atoms with Gasteiger partial charge in [0, 0.05) is 5.56 Å². The van der Waals surface area contributed by atoms with Crippen molar-refractivity contribution >= 4 is 40.4 Å². The van der Waals surface area contributed by atoms with Gasteiger partial charge in [-0.3, -0.25) is 9.59 Å². The Balaban J connectivity index is 1.46. The van der Waals surface area contributed by atoms with Crippen molar-refractivity contribution in [3.63, 3.8) is 0 Å². The van der Waals surface area contributed by atoms with Crippen LogP contribution in [0.5, 0.6) is 5.75 Å². The van der Waals surface area contributed by atoms with Gasteiger partial charge in [0.05, 0.1) is 12.3 Å². The van der Waals surface area contributed by atoms with E-state index in [9.17, 15) is 9.59 Å². The minimum absolute atomic E-state index is 0.0566. The predicted octanol–water partition coefficient (Wildman–Crippen LogP) is 5.24. The molecule has 0 aliphatic heterocycles. The number of aromatic nitrogens is 1. The van der Waals surface area contributed by atoms with Crippen LogP contribution in [0.3, 0.4) is 0 Å². The number of ether oxygens (including phenoxy) is 2. The average Bonchev–Trinajstić information content (AvgIpc) is 3.26. The first-order valence-electron chi connectivity index (χ1n) is 10.4. The zero-order valence-electron chi connectivity index (χ0n) is 17.9. The number of anilines is 1. The van der Waals surface area contributed by atoms with Crippen LogP contribution in [0.4, 0.5) is 5.69 Å². The van der Waals surface area contributed by atoms with E-state index in [4.69, 9.17) is 13.9 Å². The molecule has 0 fully saturated rings. The Morgan fingerprint density at radius 2 is 1.73 bits per heavy atom. The van der Waals surface area contributed by atoms with Crippen molar-refractivity contribution in [3.8, 4) is 5.75 Å². The van der Waals surface area contributed by atoms with Gasteiger partial charge in [0.25, 0.3) is 11.1 Å². The second-order valence-electron chi connectivity index (χ2n) is 6.94. The van der Waals surface area contributed by atoms with Gasteiger partial charge in [0.1, 0.15) is 17.0 Å². The Morgan fingerprint density at radius 1 is 1.00 bits per heavy atom. The first-order chi connectivity index (χ1) is 16.1. The van der Waals surface area contributed by atoms with Crippen molar-refractivity contribution in [2.45, 2.75) is 18.3 Å². The lowest BCUT2D eigenvalue weighted by Gasteiger charge is -2.19. The van der Waals surface area contributed by atoms with Gasteiger partial charge in [0.2, 0.25) is 6.10 Å². The molecule has 168 valence electrons. The molecule has 0 bridgehead atoms. The summed E-state index contributed by atoms with van der Waals surface area (Å²) in [5, 5.41) is 3.17. The molecule has 1 amide bonds. The molecule has 7 nitrogen and oxygen atoms in total. The maximum absolute atomic E-state index is 13.1. The number of oxazole rings is 1. The van der Waals surface area contributed by atoms with Crippen LogP contribution >= 0.6 is 11.8 Å². The van der Waals surface area contributed by atoms with Gasteiger partial charge in [-0.25, -0.2) is 4.98 Å². The fourth-order valence-electron chi connectivity index (χ4n) is 3.15. The molecular weight excluding hydrogens is 440 g/mol. The Morgan fingerprint density at radius 3 is 2.52 bits per heavy atom. The van der Waals surface area contributed by atoms with Crippen LogP contribution in [0, 0.1) is 0 Å². The lowest BCUT2D eigenvalue weighted by atomic mass is 10.1. The Labute approximate surface area is 195 Å². The van der Waals surface area contributed by atoms with Crippen molar-refractivity contribution in [1.29, 1.82) is 0 Å². The molecule has 0 saturated carbocycles. The zero-order chi connectivity index (χ0) is 23.0. The smallest absolute Gasteiger partial charge is 0.317 e. The third kappa shape index (κ3) is 5.72. The fourth-order valence-corrected chi connectivity index (χ4v) is 3.77. The van der Waals surface area contributed by atoms with Crippen LogP contribution in [-0.4, -0.2) is 29.2 Å². The molecule has 1 heterocycles. The number of nitrogens with one attached hydrogen (secondary N) is 1. The summed E-state index contributed by atoms with van der Waals surface area (Å²) < 4.78 is 16.8. The van der Waals surface area contributed by atoms with E-state index < -0.39 is 18.0 Å². The lowest BCUT2D eigenvalue weighted by Crippen LogP contribution is -2.26. The summed E-state index contributed by atoms with van der Waals surface area (Å²) in [6, 6.07) is 23.3. The Hall–Kier alpha value is -3.78.